The number of rotatable bonds is 6. The number of carbonyl (C=O) groups excluding carboxylic acids is 1. The summed E-state index contributed by atoms with van der Waals surface area (Å²) >= 11 is 0. The van der Waals surface area contributed by atoms with Gasteiger partial charge in [-0.15, -0.1) is 0 Å². The van der Waals surface area contributed by atoms with E-state index in [1.165, 1.54) is 0 Å². The lowest BCUT2D eigenvalue weighted by atomic mass is 9.90. The van der Waals surface area contributed by atoms with E-state index in [0.29, 0.717) is 13.0 Å². The summed E-state index contributed by atoms with van der Waals surface area (Å²) in [6.07, 6.45) is 0.247. The second-order valence-corrected chi connectivity index (χ2v) is 9.84. The Morgan fingerprint density at radius 1 is 1.15 bits per heavy atom. The molecule has 0 aliphatic heterocycles. The number of ether oxygens (including phenoxy) is 2. The van der Waals surface area contributed by atoms with Crippen molar-refractivity contribution in [2.24, 2.45) is 0 Å². The molecule has 0 spiro atoms. The molecular weight excluding hydrogens is 428 g/mol. The number of fused-ring (bicyclic) bond motifs is 1. The van der Waals surface area contributed by atoms with Gasteiger partial charge in [-0.3, -0.25) is 4.79 Å². The number of pyridine rings is 1. The Kier molecular flexibility index (Phi) is 7.39. The van der Waals surface area contributed by atoms with E-state index in [-0.39, 0.29) is 11.5 Å². The van der Waals surface area contributed by atoms with E-state index in [9.17, 15) is 9.59 Å². The number of hydrogen-bond donors (Lipinski definition) is 2. The SMILES string of the molecule is CCc1c(C)c2c(-c3ccc([C@@H](C)CNC(=O)OC(C)(C)C)cc3)c(OC)cc(C)c2[nH]c1=O. The Morgan fingerprint density at radius 2 is 1.79 bits per heavy atom. The number of carbonyl (C=O) groups is 1. The van der Waals surface area contributed by atoms with Gasteiger partial charge in [0.2, 0.25) is 0 Å². The first kappa shape index (κ1) is 25.3. The zero-order valence-electron chi connectivity index (χ0n) is 21.5. The Hall–Kier alpha value is -3.28. The summed E-state index contributed by atoms with van der Waals surface area (Å²) in [5, 5.41) is 3.86. The van der Waals surface area contributed by atoms with Crippen molar-refractivity contribution in [3.63, 3.8) is 0 Å². The average Bonchev–Trinajstić information content (AvgIpc) is 2.77. The third-order valence-corrected chi connectivity index (χ3v) is 6.12. The standard InChI is InChI=1S/C28H36N2O4/c1-9-21-18(4)23-24(22(33-8)14-16(2)25(23)30-26(21)31)20-12-10-19(11-13-20)17(3)15-29-27(32)34-28(5,6)7/h10-14,17H,9,15H2,1-8H3,(H,29,32)(H,30,31)/t17-/m0/s1. The largest absolute Gasteiger partial charge is 0.496 e. The topological polar surface area (TPSA) is 80.4 Å². The monoisotopic (exact) mass is 464 g/mol. The Morgan fingerprint density at radius 3 is 2.35 bits per heavy atom. The van der Waals surface area contributed by atoms with Crippen LogP contribution in [0.15, 0.2) is 35.1 Å². The number of nitrogens with one attached hydrogen (secondary N) is 2. The van der Waals surface area contributed by atoms with Crippen LogP contribution in [0.3, 0.4) is 0 Å². The number of aryl methyl sites for hydroxylation is 2. The first-order valence-electron chi connectivity index (χ1n) is 11.8. The molecule has 0 bridgehead atoms. The zero-order valence-corrected chi connectivity index (χ0v) is 21.5. The molecule has 0 radical (unpaired) electrons. The molecule has 1 aromatic heterocycles. The minimum atomic E-state index is -0.523. The number of hydrogen-bond acceptors (Lipinski definition) is 4. The molecule has 3 aromatic rings. The summed E-state index contributed by atoms with van der Waals surface area (Å²) in [5.41, 5.74) is 6.12. The molecular formula is C28H36N2O4. The Labute approximate surface area is 201 Å². The number of H-pyrrole nitrogens is 1. The van der Waals surface area contributed by atoms with Crippen LogP contribution in [0.1, 0.15) is 62.8 Å². The van der Waals surface area contributed by atoms with Gasteiger partial charge in [-0.25, -0.2) is 4.79 Å². The highest BCUT2D eigenvalue weighted by molar-refractivity contribution is 6.02. The molecule has 34 heavy (non-hydrogen) atoms. The van der Waals surface area contributed by atoms with Crippen LogP contribution in [-0.2, 0) is 11.2 Å². The summed E-state index contributed by atoms with van der Waals surface area (Å²) in [7, 11) is 1.67. The average molecular weight is 465 g/mol. The van der Waals surface area contributed by atoms with E-state index in [4.69, 9.17) is 9.47 Å². The van der Waals surface area contributed by atoms with Gasteiger partial charge >= 0.3 is 6.09 Å². The molecule has 6 nitrogen and oxygen atoms in total. The molecule has 1 atom stereocenters. The van der Waals surface area contributed by atoms with E-state index in [0.717, 1.165) is 50.0 Å². The molecule has 0 aliphatic carbocycles. The highest BCUT2D eigenvalue weighted by atomic mass is 16.6. The van der Waals surface area contributed by atoms with Crippen LogP contribution >= 0.6 is 0 Å². The summed E-state index contributed by atoms with van der Waals surface area (Å²) < 4.78 is 11.1. The second-order valence-electron chi connectivity index (χ2n) is 9.84. The van der Waals surface area contributed by atoms with Gasteiger partial charge in [0.05, 0.1) is 12.6 Å². The molecule has 1 amide bonds. The fourth-order valence-electron chi connectivity index (χ4n) is 4.35. The smallest absolute Gasteiger partial charge is 0.407 e. The van der Waals surface area contributed by atoms with Crippen LogP contribution in [0.25, 0.3) is 22.0 Å². The summed E-state index contributed by atoms with van der Waals surface area (Å²) in [5.74, 6) is 0.887. The summed E-state index contributed by atoms with van der Waals surface area (Å²) in [6.45, 7) is 14.1. The maximum absolute atomic E-state index is 12.6. The van der Waals surface area contributed by atoms with Crippen LogP contribution < -0.4 is 15.6 Å². The lowest BCUT2D eigenvalue weighted by molar-refractivity contribution is 0.0525. The van der Waals surface area contributed by atoms with Crippen molar-refractivity contribution in [2.75, 3.05) is 13.7 Å². The number of aromatic nitrogens is 1. The second kappa shape index (κ2) is 9.92. The minimum absolute atomic E-state index is 0.0339. The van der Waals surface area contributed by atoms with Crippen LogP contribution in [0, 0.1) is 13.8 Å². The van der Waals surface area contributed by atoms with Gasteiger partial charge in [-0.2, -0.15) is 0 Å². The minimum Gasteiger partial charge on any atom is -0.496 e. The highest BCUT2D eigenvalue weighted by Gasteiger charge is 2.20. The fourth-order valence-corrected chi connectivity index (χ4v) is 4.35. The highest BCUT2D eigenvalue weighted by Crippen LogP contribution is 2.40. The zero-order chi connectivity index (χ0) is 25.2. The Balaban J connectivity index is 1.98. The number of methoxy groups -OCH3 is 1. The lowest BCUT2D eigenvalue weighted by Crippen LogP contribution is -2.34. The lowest BCUT2D eigenvalue weighted by Gasteiger charge is -2.21. The summed E-state index contributed by atoms with van der Waals surface area (Å²) in [4.78, 5) is 27.7. The number of benzene rings is 2. The number of aromatic amines is 1. The van der Waals surface area contributed by atoms with E-state index in [1.807, 2.05) is 47.6 Å². The number of alkyl carbamates (subject to hydrolysis) is 1. The number of amides is 1. The first-order valence-corrected chi connectivity index (χ1v) is 11.8. The first-order chi connectivity index (χ1) is 16.0. The van der Waals surface area contributed by atoms with Gasteiger partial charge in [0.1, 0.15) is 11.4 Å². The van der Waals surface area contributed by atoms with Crippen LogP contribution in [-0.4, -0.2) is 30.3 Å². The molecule has 0 fully saturated rings. The van der Waals surface area contributed by atoms with E-state index in [1.54, 1.807) is 7.11 Å². The maximum atomic E-state index is 12.6. The molecule has 0 aliphatic rings. The molecule has 0 unspecified atom stereocenters. The van der Waals surface area contributed by atoms with Crippen molar-refractivity contribution >= 4 is 17.0 Å². The molecule has 2 N–H and O–H groups in total. The normalized spacial score (nSPS) is 12.5. The van der Waals surface area contributed by atoms with Crippen molar-refractivity contribution in [3.8, 4) is 16.9 Å². The quantitative estimate of drug-likeness (QED) is 0.468. The fraction of sp³-hybridized carbons (Fsp3) is 0.429. The van der Waals surface area contributed by atoms with Crippen molar-refractivity contribution in [3.05, 3.63) is 62.9 Å². The van der Waals surface area contributed by atoms with E-state index in [2.05, 4.69) is 41.5 Å². The molecule has 0 saturated carbocycles. The molecule has 182 valence electrons. The Bertz CT molecular complexity index is 1250. The predicted octanol–water partition coefficient (Wildman–Crippen LogP) is 6.01. The molecule has 3 rings (SSSR count). The van der Waals surface area contributed by atoms with E-state index >= 15 is 0 Å². The maximum Gasteiger partial charge on any atom is 0.407 e. The molecule has 1 heterocycles. The third-order valence-electron chi connectivity index (χ3n) is 6.12. The van der Waals surface area contributed by atoms with Gasteiger partial charge in [0, 0.05) is 23.1 Å². The predicted molar refractivity (Wildman–Crippen MR) is 138 cm³/mol. The van der Waals surface area contributed by atoms with Gasteiger partial charge in [-0.05, 0) is 75.3 Å². The van der Waals surface area contributed by atoms with Crippen LogP contribution in [0.5, 0.6) is 5.75 Å². The van der Waals surface area contributed by atoms with Crippen molar-refractivity contribution in [1.29, 1.82) is 0 Å². The van der Waals surface area contributed by atoms with Crippen LogP contribution in [0.4, 0.5) is 4.79 Å². The third kappa shape index (κ3) is 5.27. The van der Waals surface area contributed by atoms with Crippen molar-refractivity contribution < 1.29 is 14.3 Å². The van der Waals surface area contributed by atoms with Crippen molar-refractivity contribution in [2.45, 2.75) is 66.4 Å². The van der Waals surface area contributed by atoms with Gasteiger partial charge in [-0.1, -0.05) is 38.1 Å². The van der Waals surface area contributed by atoms with Gasteiger partial charge in [0.15, 0.2) is 0 Å². The van der Waals surface area contributed by atoms with Crippen molar-refractivity contribution in [1.82, 2.24) is 10.3 Å². The van der Waals surface area contributed by atoms with Gasteiger partial charge < -0.3 is 19.8 Å². The van der Waals surface area contributed by atoms with Gasteiger partial charge in [0.25, 0.3) is 5.56 Å². The molecule has 0 saturated heterocycles. The van der Waals surface area contributed by atoms with E-state index < -0.39 is 11.7 Å². The summed E-state index contributed by atoms with van der Waals surface area (Å²) in [6, 6.07) is 10.3. The molecule has 6 heteroatoms. The van der Waals surface area contributed by atoms with Crippen LogP contribution in [0.2, 0.25) is 0 Å². The molecule has 2 aromatic carbocycles.